The minimum atomic E-state index is -0.578. The highest BCUT2D eigenvalue weighted by Crippen LogP contribution is 2.18. The molecule has 0 aliphatic rings. The molecule has 1 heterocycles. The van der Waals surface area contributed by atoms with E-state index in [1.165, 1.54) is 12.1 Å². The third kappa shape index (κ3) is 3.13. The van der Waals surface area contributed by atoms with Gasteiger partial charge in [0, 0.05) is 35.6 Å². The highest BCUT2D eigenvalue weighted by molar-refractivity contribution is 7.09. The first kappa shape index (κ1) is 13.1. The van der Waals surface area contributed by atoms with Crippen molar-refractivity contribution >= 4 is 11.3 Å². The Hall–Kier alpha value is -1.30. The molecule has 0 amide bonds. The number of hydrogen-bond donors (Lipinski definition) is 2. The number of rotatable bonds is 5. The Kier molecular flexibility index (Phi) is 4.41. The summed E-state index contributed by atoms with van der Waals surface area (Å²) in [7, 11) is 0. The standard InChI is InChI=1S/C13H14F2N2S/c14-9-3-4-11(12(15)6-9)13(7-16)17-8-10-2-1-5-18-10/h1-6,13,17H,7-8,16H2. The molecular formula is C13H14F2N2S. The summed E-state index contributed by atoms with van der Waals surface area (Å²) in [6, 6.07) is 7.19. The average Bonchev–Trinajstić information content (AvgIpc) is 2.85. The molecule has 0 radical (unpaired) electrons. The van der Waals surface area contributed by atoms with Crippen molar-refractivity contribution in [2.24, 2.45) is 5.73 Å². The third-order valence-electron chi connectivity index (χ3n) is 2.68. The molecule has 1 aromatic heterocycles. The van der Waals surface area contributed by atoms with Gasteiger partial charge in [0.05, 0.1) is 0 Å². The summed E-state index contributed by atoms with van der Waals surface area (Å²) in [5, 5.41) is 5.15. The normalized spacial score (nSPS) is 12.6. The summed E-state index contributed by atoms with van der Waals surface area (Å²) in [4.78, 5) is 1.15. The highest BCUT2D eigenvalue weighted by Gasteiger charge is 2.14. The SMILES string of the molecule is NCC(NCc1cccs1)c1ccc(F)cc1F. The molecule has 0 saturated carbocycles. The van der Waals surface area contributed by atoms with Gasteiger partial charge in [0.15, 0.2) is 0 Å². The Morgan fingerprint density at radius 2 is 2.11 bits per heavy atom. The number of thiophene rings is 1. The summed E-state index contributed by atoms with van der Waals surface area (Å²) in [6.07, 6.45) is 0. The van der Waals surface area contributed by atoms with Gasteiger partial charge in [-0.15, -0.1) is 11.3 Å². The zero-order valence-corrected chi connectivity index (χ0v) is 10.5. The zero-order valence-electron chi connectivity index (χ0n) is 9.70. The molecule has 2 aromatic rings. The lowest BCUT2D eigenvalue weighted by atomic mass is 10.1. The van der Waals surface area contributed by atoms with Gasteiger partial charge < -0.3 is 11.1 Å². The van der Waals surface area contributed by atoms with E-state index < -0.39 is 11.6 Å². The maximum atomic E-state index is 13.6. The third-order valence-corrected chi connectivity index (χ3v) is 3.55. The van der Waals surface area contributed by atoms with Gasteiger partial charge >= 0.3 is 0 Å². The van der Waals surface area contributed by atoms with Gasteiger partial charge in [-0.3, -0.25) is 0 Å². The van der Waals surface area contributed by atoms with Gasteiger partial charge in [0.2, 0.25) is 0 Å². The van der Waals surface area contributed by atoms with Crippen LogP contribution in [0.15, 0.2) is 35.7 Å². The lowest BCUT2D eigenvalue weighted by Gasteiger charge is -2.17. The predicted molar refractivity (Wildman–Crippen MR) is 69.3 cm³/mol. The van der Waals surface area contributed by atoms with Gasteiger partial charge in [-0.1, -0.05) is 12.1 Å². The molecule has 5 heteroatoms. The van der Waals surface area contributed by atoms with Crippen molar-refractivity contribution in [3.63, 3.8) is 0 Å². The van der Waals surface area contributed by atoms with Crippen LogP contribution in [0.3, 0.4) is 0 Å². The minimum absolute atomic E-state index is 0.258. The molecule has 0 saturated heterocycles. The lowest BCUT2D eigenvalue weighted by Crippen LogP contribution is -2.28. The van der Waals surface area contributed by atoms with Crippen molar-refractivity contribution in [2.75, 3.05) is 6.54 Å². The maximum Gasteiger partial charge on any atom is 0.130 e. The Labute approximate surface area is 108 Å². The first-order valence-corrected chi connectivity index (χ1v) is 6.49. The lowest BCUT2D eigenvalue weighted by molar-refractivity contribution is 0.500. The first-order chi connectivity index (χ1) is 8.70. The Bertz CT molecular complexity index is 500. The van der Waals surface area contributed by atoms with Crippen molar-refractivity contribution in [3.8, 4) is 0 Å². The smallest absolute Gasteiger partial charge is 0.130 e. The van der Waals surface area contributed by atoms with Crippen LogP contribution in [-0.2, 0) is 6.54 Å². The second kappa shape index (κ2) is 6.04. The molecule has 0 spiro atoms. The highest BCUT2D eigenvalue weighted by atomic mass is 32.1. The van der Waals surface area contributed by atoms with Crippen LogP contribution in [0.1, 0.15) is 16.5 Å². The number of nitrogens with two attached hydrogens (primary N) is 1. The molecular weight excluding hydrogens is 254 g/mol. The number of benzene rings is 1. The molecule has 2 nitrogen and oxygen atoms in total. The molecule has 1 unspecified atom stereocenters. The van der Waals surface area contributed by atoms with E-state index in [-0.39, 0.29) is 12.6 Å². The second-order valence-electron chi connectivity index (χ2n) is 3.91. The van der Waals surface area contributed by atoms with E-state index >= 15 is 0 Å². The molecule has 0 fully saturated rings. The van der Waals surface area contributed by atoms with Gasteiger partial charge in [-0.2, -0.15) is 0 Å². The first-order valence-electron chi connectivity index (χ1n) is 5.61. The monoisotopic (exact) mass is 268 g/mol. The number of hydrogen-bond acceptors (Lipinski definition) is 3. The fraction of sp³-hybridized carbons (Fsp3) is 0.231. The largest absolute Gasteiger partial charge is 0.329 e. The topological polar surface area (TPSA) is 38.0 Å². The van der Waals surface area contributed by atoms with Crippen LogP contribution < -0.4 is 11.1 Å². The molecule has 2 rings (SSSR count). The van der Waals surface area contributed by atoms with Crippen LogP contribution >= 0.6 is 11.3 Å². The van der Waals surface area contributed by atoms with Crippen LogP contribution in [0.5, 0.6) is 0 Å². The summed E-state index contributed by atoms with van der Waals surface area (Å²) in [5.74, 6) is -1.14. The number of halogens is 2. The van der Waals surface area contributed by atoms with Crippen molar-refractivity contribution in [1.29, 1.82) is 0 Å². The van der Waals surface area contributed by atoms with Gasteiger partial charge in [0.25, 0.3) is 0 Å². The van der Waals surface area contributed by atoms with Crippen molar-refractivity contribution in [1.82, 2.24) is 5.32 Å². The van der Waals surface area contributed by atoms with Crippen molar-refractivity contribution in [3.05, 3.63) is 57.8 Å². The van der Waals surface area contributed by atoms with E-state index in [4.69, 9.17) is 5.73 Å². The van der Waals surface area contributed by atoms with E-state index in [2.05, 4.69) is 5.32 Å². The van der Waals surface area contributed by atoms with Crippen LogP contribution in [0.2, 0.25) is 0 Å². The van der Waals surface area contributed by atoms with E-state index in [1.807, 2.05) is 17.5 Å². The Balaban J connectivity index is 2.08. The number of nitrogens with one attached hydrogen (secondary N) is 1. The fourth-order valence-electron chi connectivity index (χ4n) is 1.74. The minimum Gasteiger partial charge on any atom is -0.329 e. The summed E-state index contributed by atoms with van der Waals surface area (Å²) < 4.78 is 26.5. The molecule has 18 heavy (non-hydrogen) atoms. The predicted octanol–water partition coefficient (Wildman–Crippen LogP) is 2.82. The van der Waals surface area contributed by atoms with E-state index in [0.717, 1.165) is 10.9 Å². The Morgan fingerprint density at radius 1 is 1.28 bits per heavy atom. The fourth-order valence-corrected chi connectivity index (χ4v) is 2.40. The Morgan fingerprint density at radius 3 is 2.72 bits per heavy atom. The summed E-state index contributed by atoms with van der Waals surface area (Å²) in [5.41, 5.74) is 6.03. The van der Waals surface area contributed by atoms with Crippen molar-refractivity contribution < 1.29 is 8.78 Å². The molecule has 3 N–H and O–H groups in total. The van der Waals surface area contributed by atoms with Crippen LogP contribution in [0.25, 0.3) is 0 Å². The molecule has 96 valence electrons. The maximum absolute atomic E-state index is 13.6. The second-order valence-corrected chi connectivity index (χ2v) is 4.95. The molecule has 1 aromatic carbocycles. The average molecular weight is 268 g/mol. The van der Waals surface area contributed by atoms with E-state index in [0.29, 0.717) is 12.1 Å². The van der Waals surface area contributed by atoms with E-state index in [1.54, 1.807) is 11.3 Å². The van der Waals surface area contributed by atoms with Crippen LogP contribution in [0.4, 0.5) is 8.78 Å². The van der Waals surface area contributed by atoms with Gasteiger partial charge in [-0.25, -0.2) is 8.78 Å². The molecule has 0 aliphatic carbocycles. The molecule has 0 aliphatic heterocycles. The van der Waals surface area contributed by atoms with Crippen LogP contribution in [0, 0.1) is 11.6 Å². The molecule has 0 bridgehead atoms. The van der Waals surface area contributed by atoms with Gasteiger partial charge in [0.1, 0.15) is 11.6 Å². The zero-order chi connectivity index (χ0) is 13.0. The quantitative estimate of drug-likeness (QED) is 0.875. The van der Waals surface area contributed by atoms with E-state index in [9.17, 15) is 8.78 Å². The molecule has 1 atom stereocenters. The summed E-state index contributed by atoms with van der Waals surface area (Å²) >= 11 is 1.62. The summed E-state index contributed by atoms with van der Waals surface area (Å²) in [6.45, 7) is 0.879. The van der Waals surface area contributed by atoms with Gasteiger partial charge in [-0.05, 0) is 17.5 Å². The van der Waals surface area contributed by atoms with Crippen molar-refractivity contribution in [2.45, 2.75) is 12.6 Å². The van der Waals surface area contributed by atoms with Crippen LogP contribution in [-0.4, -0.2) is 6.54 Å².